The summed E-state index contributed by atoms with van der Waals surface area (Å²) in [4.78, 5) is 25.6. The first-order chi connectivity index (χ1) is 12.5. The normalized spacial score (nSPS) is 11.5. The van der Waals surface area contributed by atoms with E-state index in [-0.39, 0.29) is 19.8 Å². The van der Waals surface area contributed by atoms with Gasteiger partial charge in [0.25, 0.3) is 0 Å². The summed E-state index contributed by atoms with van der Waals surface area (Å²) in [6, 6.07) is 10.5. The van der Waals surface area contributed by atoms with Gasteiger partial charge in [0.2, 0.25) is 0 Å². The molecule has 0 aliphatic heterocycles. The van der Waals surface area contributed by atoms with Crippen LogP contribution < -0.4 is 19.8 Å². The predicted molar refractivity (Wildman–Crippen MR) is 102 cm³/mol. The van der Waals surface area contributed by atoms with E-state index in [1.54, 1.807) is 24.3 Å². The number of para-hydroxylation sites is 2. The Morgan fingerprint density at radius 3 is 1.62 bits per heavy atom. The average Bonchev–Trinajstić information content (AvgIpc) is 2.63. The Bertz CT molecular complexity index is 1170. The molecule has 2 aromatic heterocycles. The van der Waals surface area contributed by atoms with E-state index in [2.05, 4.69) is 0 Å². The van der Waals surface area contributed by atoms with Gasteiger partial charge in [0.1, 0.15) is 0 Å². The van der Waals surface area contributed by atoms with E-state index in [0.29, 0.717) is 21.9 Å². The number of rotatable bonds is 2. The molecule has 0 spiro atoms. The molecule has 0 bridgehead atoms. The molecule has 26 heavy (non-hydrogen) atoms. The topological polar surface area (TPSA) is 80.6 Å². The van der Waals surface area contributed by atoms with Crippen LogP contribution in [0.1, 0.15) is 11.1 Å². The van der Waals surface area contributed by atoms with Crippen LogP contribution in [0.3, 0.4) is 0 Å². The third-order valence-electron chi connectivity index (χ3n) is 4.34. The van der Waals surface area contributed by atoms with Gasteiger partial charge in [-0.3, -0.25) is 0 Å². The zero-order chi connectivity index (χ0) is 18.4. The summed E-state index contributed by atoms with van der Waals surface area (Å²) in [5.41, 5.74) is 2.02. The van der Waals surface area contributed by atoms with Crippen molar-refractivity contribution in [3.8, 4) is 0 Å². The molecule has 0 aliphatic carbocycles. The van der Waals surface area contributed by atoms with Gasteiger partial charge in [-0.05, 0) is 0 Å². The summed E-state index contributed by atoms with van der Waals surface area (Å²) in [6.07, 6.45) is 2.53. The van der Waals surface area contributed by atoms with E-state index in [4.69, 9.17) is 8.83 Å². The van der Waals surface area contributed by atoms with Crippen molar-refractivity contribution in [1.29, 1.82) is 0 Å². The summed E-state index contributed by atoms with van der Waals surface area (Å²) in [7, 11) is 0. The molecule has 4 rings (SSSR count). The van der Waals surface area contributed by atoms with E-state index in [1.165, 1.54) is 12.5 Å². The predicted octanol–water partition coefficient (Wildman–Crippen LogP) is 1.61. The number of hydrogen-bond donors (Lipinski definition) is 1. The zero-order valence-corrected chi connectivity index (χ0v) is 15.8. The molecule has 130 valence electrons. The first kappa shape index (κ1) is 16.8. The van der Waals surface area contributed by atoms with Crippen LogP contribution in [0.4, 0.5) is 0 Å². The van der Waals surface area contributed by atoms with Crippen LogP contribution >= 0.6 is 0 Å². The van der Waals surface area contributed by atoms with Crippen LogP contribution in [0.15, 0.2) is 67.3 Å². The molecule has 0 saturated carbocycles. The summed E-state index contributed by atoms with van der Waals surface area (Å²) < 4.78 is 22.2. The van der Waals surface area contributed by atoms with E-state index in [0.717, 1.165) is 11.1 Å². The molecule has 5 nitrogen and oxygen atoms in total. The number of benzene rings is 2. The molecular formula is C20H15O5Se+. The van der Waals surface area contributed by atoms with Gasteiger partial charge in [-0.15, -0.1) is 0 Å². The molecule has 0 fully saturated rings. The van der Waals surface area contributed by atoms with Gasteiger partial charge in [-0.25, -0.2) is 0 Å². The average molecular weight is 414 g/mol. The van der Waals surface area contributed by atoms with Gasteiger partial charge >= 0.3 is 152 Å². The van der Waals surface area contributed by atoms with Crippen molar-refractivity contribution in [1.82, 2.24) is 0 Å². The SMILES string of the molecule is Cc1cccc2c(=O)c([Se+](O)c3coc4c(C)cccc4c3=O)coc12. The van der Waals surface area contributed by atoms with Crippen molar-refractivity contribution < 1.29 is 13.0 Å². The first-order valence-electron chi connectivity index (χ1n) is 7.94. The van der Waals surface area contributed by atoms with Gasteiger partial charge in [0.15, 0.2) is 0 Å². The molecule has 4 aromatic rings. The molecule has 0 saturated heterocycles. The molecule has 0 atom stereocenters. The van der Waals surface area contributed by atoms with E-state index in [9.17, 15) is 13.8 Å². The number of fused-ring (bicyclic) bond motifs is 2. The maximum atomic E-state index is 12.8. The Hall–Kier alpha value is -2.66. The van der Waals surface area contributed by atoms with Gasteiger partial charge in [-0.2, -0.15) is 0 Å². The standard InChI is InChI=1S/C20H15O5Se/c1-11-5-3-7-13-17(21)15(9-24-19(11)13)26(23)16-10-25-20-12(2)6-4-8-14(20)18(16)22/h3-10,23H,1-2H3/q+1. The summed E-state index contributed by atoms with van der Waals surface area (Å²) in [5, 5.41) is 0.789. The quantitative estimate of drug-likeness (QED) is 0.505. The second-order valence-corrected chi connectivity index (χ2v) is 9.09. The summed E-state index contributed by atoms with van der Waals surface area (Å²) in [6.45, 7) is 3.69. The van der Waals surface area contributed by atoms with Crippen molar-refractivity contribution >= 4 is 45.1 Å². The van der Waals surface area contributed by atoms with Crippen LogP contribution in [0, 0.1) is 13.8 Å². The van der Waals surface area contributed by atoms with Gasteiger partial charge in [0, 0.05) is 0 Å². The molecular weight excluding hydrogens is 399 g/mol. The Morgan fingerprint density at radius 1 is 0.769 bits per heavy atom. The van der Waals surface area contributed by atoms with Crippen LogP contribution in [0.2, 0.25) is 0 Å². The summed E-state index contributed by atoms with van der Waals surface area (Å²) >= 11 is -2.89. The Kier molecular flexibility index (Phi) is 4.04. The minimum absolute atomic E-state index is 0.127. The minimum atomic E-state index is -2.89. The molecule has 0 radical (unpaired) electrons. The summed E-state index contributed by atoms with van der Waals surface area (Å²) in [5.74, 6) is 0. The van der Waals surface area contributed by atoms with Gasteiger partial charge in [0.05, 0.1) is 0 Å². The molecule has 0 unspecified atom stereocenters. The van der Waals surface area contributed by atoms with Crippen molar-refractivity contribution in [3.63, 3.8) is 0 Å². The van der Waals surface area contributed by atoms with Crippen molar-refractivity contribution in [2.75, 3.05) is 0 Å². The fourth-order valence-electron chi connectivity index (χ4n) is 2.96. The molecule has 1 N–H and O–H groups in total. The third kappa shape index (κ3) is 2.51. The molecule has 2 heterocycles. The monoisotopic (exact) mass is 415 g/mol. The van der Waals surface area contributed by atoms with E-state index in [1.807, 2.05) is 26.0 Å². The number of aryl methyl sites for hydroxylation is 2. The molecule has 0 amide bonds. The fourth-order valence-corrected chi connectivity index (χ4v) is 5.24. The first-order valence-corrected chi connectivity index (χ1v) is 10.4. The van der Waals surface area contributed by atoms with E-state index < -0.39 is 14.2 Å². The van der Waals surface area contributed by atoms with Crippen molar-refractivity contribution in [3.05, 3.63) is 80.5 Å². The maximum absolute atomic E-state index is 12.8. The zero-order valence-electron chi connectivity index (χ0n) is 14.1. The van der Waals surface area contributed by atoms with Gasteiger partial charge < -0.3 is 0 Å². The van der Waals surface area contributed by atoms with Crippen LogP contribution in [-0.2, 0) is 0 Å². The van der Waals surface area contributed by atoms with Crippen LogP contribution in [-0.4, -0.2) is 18.4 Å². The second kappa shape index (κ2) is 6.25. The van der Waals surface area contributed by atoms with E-state index >= 15 is 0 Å². The molecule has 6 heteroatoms. The Morgan fingerprint density at radius 2 is 1.19 bits per heavy atom. The Balaban J connectivity index is 1.93. The number of hydrogen-bond acceptors (Lipinski definition) is 5. The third-order valence-corrected chi connectivity index (χ3v) is 7.27. The van der Waals surface area contributed by atoms with Crippen LogP contribution in [0.5, 0.6) is 0 Å². The van der Waals surface area contributed by atoms with Gasteiger partial charge in [-0.1, -0.05) is 0 Å². The van der Waals surface area contributed by atoms with Crippen LogP contribution in [0.25, 0.3) is 21.9 Å². The van der Waals surface area contributed by atoms with Crippen molar-refractivity contribution in [2.24, 2.45) is 0 Å². The Labute approximate surface area is 152 Å². The van der Waals surface area contributed by atoms with Crippen molar-refractivity contribution in [2.45, 2.75) is 13.8 Å². The molecule has 0 aliphatic rings. The fraction of sp³-hybridized carbons (Fsp3) is 0.100. The second-order valence-electron chi connectivity index (χ2n) is 6.05. The molecule has 2 aromatic carbocycles.